The fourth-order valence-electron chi connectivity index (χ4n) is 3.08. The smallest absolute Gasteiger partial charge is 0.227 e. The largest absolute Gasteiger partial charge is 0.338 e. The van der Waals surface area contributed by atoms with Crippen molar-refractivity contribution >= 4 is 5.91 Å². The minimum atomic E-state index is -0.244. The Bertz CT molecular complexity index is 462. The Morgan fingerprint density at radius 1 is 1.29 bits per heavy atom. The molecule has 4 heteroatoms. The summed E-state index contributed by atoms with van der Waals surface area (Å²) < 4.78 is 0. The number of nitrogens with zero attached hydrogens (tertiary/aromatic N) is 2. The average molecular weight is 289 g/mol. The van der Waals surface area contributed by atoms with Crippen molar-refractivity contribution in [3.05, 3.63) is 35.9 Å². The lowest BCUT2D eigenvalue weighted by Gasteiger charge is -2.32. The van der Waals surface area contributed by atoms with E-state index in [9.17, 15) is 4.79 Å². The second kappa shape index (κ2) is 7.05. The van der Waals surface area contributed by atoms with Gasteiger partial charge in [-0.2, -0.15) is 0 Å². The van der Waals surface area contributed by atoms with Crippen molar-refractivity contribution in [3.8, 4) is 0 Å². The SMILES string of the molecule is CC(C(=O)N1CCCN(C)CC1C)C(N)c1ccccc1. The number of nitrogens with two attached hydrogens (primary N) is 1. The Kier molecular flexibility index (Phi) is 5.37. The number of hydrogen-bond acceptors (Lipinski definition) is 3. The Morgan fingerprint density at radius 2 is 1.95 bits per heavy atom. The summed E-state index contributed by atoms with van der Waals surface area (Å²) in [6.07, 6.45) is 1.03. The van der Waals surface area contributed by atoms with Gasteiger partial charge in [-0.3, -0.25) is 4.79 Å². The first-order chi connectivity index (χ1) is 10.0. The summed E-state index contributed by atoms with van der Waals surface area (Å²) in [5.41, 5.74) is 7.33. The van der Waals surface area contributed by atoms with Gasteiger partial charge >= 0.3 is 0 Å². The van der Waals surface area contributed by atoms with Crippen molar-refractivity contribution in [3.63, 3.8) is 0 Å². The maximum atomic E-state index is 12.8. The number of carbonyl (C=O) groups excluding carboxylic acids is 1. The van der Waals surface area contributed by atoms with Crippen LogP contribution in [0.3, 0.4) is 0 Å². The third-order valence-electron chi connectivity index (χ3n) is 4.44. The summed E-state index contributed by atoms with van der Waals surface area (Å²) in [5, 5.41) is 0. The standard InChI is InChI=1S/C17H27N3O/c1-13-12-19(3)10-7-11-20(13)17(21)14(2)16(18)15-8-5-4-6-9-15/h4-6,8-9,13-14,16H,7,10-12,18H2,1-3H3. The minimum absolute atomic E-state index is 0.175. The molecular weight excluding hydrogens is 262 g/mol. The summed E-state index contributed by atoms with van der Waals surface area (Å²) in [4.78, 5) is 17.1. The molecule has 4 nitrogen and oxygen atoms in total. The molecule has 1 amide bonds. The molecule has 0 saturated carbocycles. The monoisotopic (exact) mass is 289 g/mol. The minimum Gasteiger partial charge on any atom is -0.338 e. The molecule has 1 aliphatic rings. The van der Waals surface area contributed by atoms with E-state index >= 15 is 0 Å². The van der Waals surface area contributed by atoms with Gasteiger partial charge in [0, 0.05) is 25.2 Å². The fraction of sp³-hybridized carbons (Fsp3) is 0.588. The summed E-state index contributed by atoms with van der Waals surface area (Å²) in [6, 6.07) is 9.89. The van der Waals surface area contributed by atoms with E-state index in [1.54, 1.807) is 0 Å². The van der Waals surface area contributed by atoms with Gasteiger partial charge in [-0.1, -0.05) is 37.3 Å². The number of hydrogen-bond donors (Lipinski definition) is 1. The van der Waals surface area contributed by atoms with Crippen LogP contribution in [0, 0.1) is 5.92 Å². The van der Waals surface area contributed by atoms with Crippen LogP contribution in [0.5, 0.6) is 0 Å². The second-order valence-electron chi connectivity index (χ2n) is 6.22. The molecule has 1 heterocycles. The topological polar surface area (TPSA) is 49.6 Å². The van der Waals surface area contributed by atoms with Crippen LogP contribution < -0.4 is 5.73 Å². The quantitative estimate of drug-likeness (QED) is 0.924. The molecule has 21 heavy (non-hydrogen) atoms. The van der Waals surface area contributed by atoms with Crippen molar-refractivity contribution in [1.29, 1.82) is 0 Å². The van der Waals surface area contributed by atoms with E-state index in [0.717, 1.165) is 31.6 Å². The zero-order valence-corrected chi connectivity index (χ0v) is 13.3. The van der Waals surface area contributed by atoms with E-state index in [-0.39, 0.29) is 23.9 Å². The number of carbonyl (C=O) groups is 1. The maximum Gasteiger partial charge on any atom is 0.227 e. The van der Waals surface area contributed by atoms with Crippen LogP contribution in [0.4, 0.5) is 0 Å². The van der Waals surface area contributed by atoms with Crippen LogP contribution in [0.15, 0.2) is 30.3 Å². The first kappa shape index (κ1) is 16.0. The lowest BCUT2D eigenvalue weighted by Crippen LogP contribution is -2.46. The van der Waals surface area contributed by atoms with Crippen molar-refractivity contribution in [1.82, 2.24) is 9.80 Å². The highest BCUT2D eigenvalue weighted by Crippen LogP contribution is 2.23. The molecule has 1 aliphatic heterocycles. The van der Waals surface area contributed by atoms with Crippen molar-refractivity contribution in [2.45, 2.75) is 32.4 Å². The molecule has 1 aromatic carbocycles. The number of likely N-dealkylation sites (N-methyl/N-ethyl adjacent to an activating group) is 1. The van der Waals surface area contributed by atoms with Crippen molar-refractivity contribution in [2.24, 2.45) is 11.7 Å². The van der Waals surface area contributed by atoms with Gasteiger partial charge < -0.3 is 15.5 Å². The summed E-state index contributed by atoms with van der Waals surface area (Å²) in [5.74, 6) is -0.0209. The highest BCUT2D eigenvalue weighted by Gasteiger charge is 2.30. The average Bonchev–Trinajstić information content (AvgIpc) is 2.66. The zero-order valence-electron chi connectivity index (χ0n) is 13.3. The zero-order chi connectivity index (χ0) is 15.4. The molecule has 0 aromatic heterocycles. The van der Waals surface area contributed by atoms with Gasteiger partial charge in [-0.25, -0.2) is 0 Å². The first-order valence-electron chi connectivity index (χ1n) is 7.80. The van der Waals surface area contributed by atoms with Crippen LogP contribution in [0.25, 0.3) is 0 Å². The number of rotatable bonds is 3. The molecule has 1 saturated heterocycles. The van der Waals surface area contributed by atoms with Gasteiger partial charge in [0.1, 0.15) is 0 Å². The molecule has 3 unspecified atom stereocenters. The Balaban J connectivity index is 2.07. The molecule has 1 aromatic rings. The first-order valence-corrected chi connectivity index (χ1v) is 7.80. The van der Waals surface area contributed by atoms with Gasteiger partial charge in [0.2, 0.25) is 5.91 Å². The van der Waals surface area contributed by atoms with E-state index < -0.39 is 0 Å². The van der Waals surface area contributed by atoms with E-state index in [0.29, 0.717) is 0 Å². The summed E-state index contributed by atoms with van der Waals surface area (Å²) >= 11 is 0. The molecule has 0 radical (unpaired) electrons. The summed E-state index contributed by atoms with van der Waals surface area (Å²) in [6.45, 7) is 6.88. The van der Waals surface area contributed by atoms with Crippen LogP contribution in [-0.4, -0.2) is 48.4 Å². The fourth-order valence-corrected chi connectivity index (χ4v) is 3.08. The van der Waals surface area contributed by atoms with Gasteiger partial charge in [0.25, 0.3) is 0 Å². The molecule has 2 rings (SSSR count). The van der Waals surface area contributed by atoms with Crippen LogP contribution in [0.1, 0.15) is 31.9 Å². The van der Waals surface area contributed by atoms with Crippen molar-refractivity contribution < 1.29 is 4.79 Å². The third-order valence-corrected chi connectivity index (χ3v) is 4.44. The van der Waals surface area contributed by atoms with E-state index in [1.165, 1.54) is 0 Å². The molecule has 1 fully saturated rings. The number of amides is 1. The van der Waals surface area contributed by atoms with E-state index in [1.807, 2.05) is 42.2 Å². The Labute approximate surface area is 127 Å². The third kappa shape index (κ3) is 3.83. The van der Waals surface area contributed by atoms with Crippen LogP contribution in [-0.2, 0) is 4.79 Å². The molecular formula is C17H27N3O. The molecule has 0 spiro atoms. The van der Waals surface area contributed by atoms with E-state index in [4.69, 9.17) is 5.73 Å². The molecule has 0 aliphatic carbocycles. The molecule has 0 bridgehead atoms. The predicted octanol–water partition coefficient (Wildman–Crippen LogP) is 1.88. The number of benzene rings is 1. The van der Waals surface area contributed by atoms with Gasteiger partial charge in [0.05, 0.1) is 5.92 Å². The second-order valence-corrected chi connectivity index (χ2v) is 6.22. The van der Waals surface area contributed by atoms with Gasteiger partial charge in [-0.05, 0) is 32.5 Å². The Morgan fingerprint density at radius 3 is 2.62 bits per heavy atom. The van der Waals surface area contributed by atoms with Crippen LogP contribution >= 0.6 is 0 Å². The maximum absolute atomic E-state index is 12.8. The highest BCUT2D eigenvalue weighted by atomic mass is 16.2. The van der Waals surface area contributed by atoms with Gasteiger partial charge in [-0.15, -0.1) is 0 Å². The van der Waals surface area contributed by atoms with E-state index in [2.05, 4.69) is 18.9 Å². The normalized spacial score (nSPS) is 23.4. The molecule has 2 N–H and O–H groups in total. The van der Waals surface area contributed by atoms with Crippen molar-refractivity contribution in [2.75, 3.05) is 26.7 Å². The molecule has 116 valence electrons. The summed E-state index contributed by atoms with van der Waals surface area (Å²) in [7, 11) is 2.11. The van der Waals surface area contributed by atoms with Crippen LogP contribution in [0.2, 0.25) is 0 Å². The lowest BCUT2D eigenvalue weighted by atomic mass is 9.93. The molecule has 3 atom stereocenters. The lowest BCUT2D eigenvalue weighted by molar-refractivity contribution is -0.137. The predicted molar refractivity (Wildman–Crippen MR) is 85.8 cm³/mol. The highest BCUT2D eigenvalue weighted by molar-refractivity contribution is 5.79. The Hall–Kier alpha value is -1.39. The van der Waals surface area contributed by atoms with Gasteiger partial charge in [0.15, 0.2) is 0 Å².